The number of ether oxygens (including phenoxy) is 1. The van der Waals surface area contributed by atoms with Gasteiger partial charge in [0.2, 0.25) is 0 Å². The Balaban J connectivity index is 2.83. The van der Waals surface area contributed by atoms with Gasteiger partial charge in [-0.2, -0.15) is 0 Å². The molecule has 2 N–H and O–H groups in total. The molecule has 0 aliphatic carbocycles. The second-order valence-electron chi connectivity index (χ2n) is 5.63. The molecule has 0 aromatic heterocycles. The Morgan fingerprint density at radius 2 is 1.89 bits per heavy atom. The van der Waals surface area contributed by atoms with E-state index in [1.807, 2.05) is 20.8 Å². The van der Waals surface area contributed by atoms with Crippen LogP contribution in [-0.2, 0) is 11.2 Å². The molecular formula is C14H21F2NO. The maximum atomic E-state index is 13.5. The molecule has 0 fully saturated rings. The molecule has 1 rings (SSSR count). The first-order valence-electron chi connectivity index (χ1n) is 5.98. The van der Waals surface area contributed by atoms with Gasteiger partial charge < -0.3 is 10.5 Å². The Labute approximate surface area is 107 Å². The minimum absolute atomic E-state index is 0.134. The van der Waals surface area contributed by atoms with Gasteiger partial charge >= 0.3 is 0 Å². The molecule has 0 amide bonds. The predicted molar refractivity (Wildman–Crippen MR) is 68.3 cm³/mol. The first kappa shape index (κ1) is 15.1. The summed E-state index contributed by atoms with van der Waals surface area (Å²) in [5.41, 5.74) is 6.35. The molecule has 2 nitrogen and oxygen atoms in total. The van der Waals surface area contributed by atoms with Gasteiger partial charge in [0.25, 0.3) is 0 Å². The maximum absolute atomic E-state index is 13.5. The monoisotopic (exact) mass is 257 g/mol. The van der Waals surface area contributed by atoms with Crippen LogP contribution in [0.5, 0.6) is 0 Å². The lowest BCUT2D eigenvalue weighted by Crippen LogP contribution is -2.46. The van der Waals surface area contributed by atoms with Crippen molar-refractivity contribution in [2.45, 2.75) is 39.3 Å². The molecule has 0 saturated carbocycles. The van der Waals surface area contributed by atoms with Gasteiger partial charge in [0.1, 0.15) is 11.6 Å². The highest BCUT2D eigenvalue weighted by molar-refractivity contribution is 5.20. The third-order valence-corrected chi connectivity index (χ3v) is 2.97. The number of hydrogen-bond donors (Lipinski definition) is 1. The number of nitrogens with two attached hydrogens (primary N) is 1. The van der Waals surface area contributed by atoms with Gasteiger partial charge in [-0.15, -0.1) is 0 Å². The zero-order valence-electron chi connectivity index (χ0n) is 11.3. The van der Waals surface area contributed by atoms with E-state index in [1.54, 1.807) is 7.11 Å². The van der Waals surface area contributed by atoms with E-state index in [-0.39, 0.29) is 17.6 Å². The third kappa shape index (κ3) is 3.75. The summed E-state index contributed by atoms with van der Waals surface area (Å²) in [5, 5.41) is 0. The predicted octanol–water partition coefficient (Wildman–Crippen LogP) is 2.90. The van der Waals surface area contributed by atoms with Gasteiger partial charge in [-0.1, -0.05) is 26.8 Å². The van der Waals surface area contributed by atoms with Crippen LogP contribution in [0.2, 0.25) is 0 Å². The van der Waals surface area contributed by atoms with Crippen molar-refractivity contribution in [2.75, 3.05) is 7.11 Å². The summed E-state index contributed by atoms with van der Waals surface area (Å²) in [5.74, 6) is -1.14. The highest BCUT2D eigenvalue weighted by Crippen LogP contribution is 2.25. The molecule has 0 spiro atoms. The second-order valence-corrected chi connectivity index (χ2v) is 5.63. The maximum Gasteiger partial charge on any atom is 0.129 e. The molecule has 4 heteroatoms. The zero-order valence-corrected chi connectivity index (χ0v) is 11.3. The number of hydrogen-bond acceptors (Lipinski definition) is 2. The average molecular weight is 257 g/mol. The molecule has 0 aliphatic rings. The van der Waals surface area contributed by atoms with E-state index in [0.717, 1.165) is 6.07 Å². The second kappa shape index (κ2) is 5.76. The largest absolute Gasteiger partial charge is 0.379 e. The number of benzene rings is 1. The van der Waals surface area contributed by atoms with Gasteiger partial charge in [0.15, 0.2) is 0 Å². The quantitative estimate of drug-likeness (QED) is 0.900. The van der Waals surface area contributed by atoms with Gasteiger partial charge in [-0.25, -0.2) is 8.78 Å². The molecule has 0 aliphatic heterocycles. The minimum Gasteiger partial charge on any atom is -0.379 e. The molecule has 1 aromatic rings. The standard InChI is InChI=1S/C14H21F2NO/c1-14(2,3)13(18-4)12(17)7-9-5-6-10(15)8-11(9)16/h5-6,8,12-13H,7,17H2,1-4H3. The van der Waals surface area contributed by atoms with Crippen molar-refractivity contribution >= 4 is 0 Å². The molecule has 0 heterocycles. The molecular weight excluding hydrogens is 236 g/mol. The van der Waals surface area contributed by atoms with Crippen molar-refractivity contribution in [1.29, 1.82) is 0 Å². The van der Waals surface area contributed by atoms with E-state index < -0.39 is 11.6 Å². The van der Waals surface area contributed by atoms with E-state index >= 15 is 0 Å². The summed E-state index contributed by atoms with van der Waals surface area (Å²) in [6.45, 7) is 6.05. The van der Waals surface area contributed by atoms with Crippen LogP contribution in [0.15, 0.2) is 18.2 Å². The Hall–Kier alpha value is -1.00. The SMILES string of the molecule is COC(C(N)Cc1ccc(F)cc1F)C(C)(C)C. The van der Waals surface area contributed by atoms with Crippen molar-refractivity contribution in [3.05, 3.63) is 35.4 Å². The third-order valence-electron chi connectivity index (χ3n) is 2.97. The van der Waals surface area contributed by atoms with Crippen LogP contribution in [0.1, 0.15) is 26.3 Å². The molecule has 2 unspecified atom stereocenters. The van der Waals surface area contributed by atoms with Crippen molar-refractivity contribution in [2.24, 2.45) is 11.1 Å². The first-order chi connectivity index (χ1) is 8.25. The van der Waals surface area contributed by atoms with E-state index in [1.165, 1.54) is 12.1 Å². The summed E-state index contributed by atoms with van der Waals surface area (Å²) in [7, 11) is 1.59. The summed E-state index contributed by atoms with van der Waals surface area (Å²) < 4.78 is 31.7. The Bertz CT molecular complexity index is 401. The molecule has 0 radical (unpaired) electrons. The van der Waals surface area contributed by atoms with Crippen LogP contribution in [0.3, 0.4) is 0 Å². The summed E-state index contributed by atoms with van der Waals surface area (Å²) in [6, 6.07) is 3.21. The Morgan fingerprint density at radius 1 is 1.28 bits per heavy atom. The van der Waals surface area contributed by atoms with Gasteiger partial charge in [0.05, 0.1) is 6.10 Å². The van der Waals surface area contributed by atoms with Crippen LogP contribution in [0, 0.1) is 17.0 Å². The topological polar surface area (TPSA) is 35.2 Å². The number of rotatable bonds is 4. The molecule has 2 atom stereocenters. The van der Waals surface area contributed by atoms with Crippen molar-refractivity contribution < 1.29 is 13.5 Å². The fraction of sp³-hybridized carbons (Fsp3) is 0.571. The highest BCUT2D eigenvalue weighted by Gasteiger charge is 2.30. The molecule has 1 aromatic carbocycles. The molecule has 0 saturated heterocycles. The van der Waals surface area contributed by atoms with E-state index in [4.69, 9.17) is 10.5 Å². The lowest BCUT2D eigenvalue weighted by molar-refractivity contribution is -0.00181. The lowest BCUT2D eigenvalue weighted by Gasteiger charge is -2.34. The normalized spacial score (nSPS) is 15.5. The van der Waals surface area contributed by atoms with Gasteiger partial charge in [-0.05, 0) is 23.5 Å². The van der Waals surface area contributed by atoms with Crippen LogP contribution in [0.4, 0.5) is 8.78 Å². The van der Waals surface area contributed by atoms with Gasteiger partial charge in [-0.3, -0.25) is 0 Å². The summed E-state index contributed by atoms with van der Waals surface area (Å²) in [4.78, 5) is 0. The van der Waals surface area contributed by atoms with Gasteiger partial charge in [0, 0.05) is 19.2 Å². The van der Waals surface area contributed by atoms with E-state index in [9.17, 15) is 8.78 Å². The van der Waals surface area contributed by atoms with Crippen LogP contribution in [-0.4, -0.2) is 19.3 Å². The number of halogens is 2. The molecule has 102 valence electrons. The van der Waals surface area contributed by atoms with Crippen molar-refractivity contribution in [1.82, 2.24) is 0 Å². The minimum atomic E-state index is -0.580. The van der Waals surface area contributed by atoms with Crippen LogP contribution < -0.4 is 5.73 Å². The van der Waals surface area contributed by atoms with E-state index in [0.29, 0.717) is 12.0 Å². The first-order valence-corrected chi connectivity index (χ1v) is 5.98. The Morgan fingerprint density at radius 3 is 2.33 bits per heavy atom. The molecule has 18 heavy (non-hydrogen) atoms. The summed E-state index contributed by atoms with van der Waals surface area (Å²) in [6.07, 6.45) is 0.129. The van der Waals surface area contributed by atoms with E-state index in [2.05, 4.69) is 0 Å². The summed E-state index contributed by atoms with van der Waals surface area (Å²) >= 11 is 0. The van der Waals surface area contributed by atoms with Crippen LogP contribution >= 0.6 is 0 Å². The highest BCUT2D eigenvalue weighted by atomic mass is 19.1. The smallest absolute Gasteiger partial charge is 0.129 e. The van der Waals surface area contributed by atoms with Crippen molar-refractivity contribution in [3.63, 3.8) is 0 Å². The molecule has 0 bridgehead atoms. The number of methoxy groups -OCH3 is 1. The van der Waals surface area contributed by atoms with Crippen molar-refractivity contribution in [3.8, 4) is 0 Å². The average Bonchev–Trinajstić information content (AvgIpc) is 2.21. The fourth-order valence-electron chi connectivity index (χ4n) is 2.22. The fourth-order valence-corrected chi connectivity index (χ4v) is 2.22. The lowest BCUT2D eigenvalue weighted by atomic mass is 9.83. The zero-order chi connectivity index (χ0) is 13.9. The van der Waals surface area contributed by atoms with Crippen LogP contribution in [0.25, 0.3) is 0 Å². The Kier molecular flexibility index (Phi) is 4.82.